The fraction of sp³-hybridized carbons (Fsp3) is 0.857. The van der Waals surface area contributed by atoms with Gasteiger partial charge in [-0.25, -0.2) is 0 Å². The predicted molar refractivity (Wildman–Crippen MR) is 38.3 cm³/mol. The molecule has 0 aromatic heterocycles. The van der Waals surface area contributed by atoms with Crippen LogP contribution in [0.4, 0.5) is 0 Å². The van der Waals surface area contributed by atoms with Gasteiger partial charge in [0, 0.05) is 5.92 Å². The van der Waals surface area contributed by atoms with Gasteiger partial charge >= 0.3 is 0 Å². The molecule has 2 unspecified atom stereocenters. The van der Waals surface area contributed by atoms with Gasteiger partial charge in [-0.15, -0.1) is 0 Å². The lowest BCUT2D eigenvalue weighted by molar-refractivity contribution is 0.159. The Kier molecular flexibility index (Phi) is 1.47. The quantitative estimate of drug-likeness (QED) is 0.402. The highest BCUT2D eigenvalue weighted by Crippen LogP contribution is 2.39. The molecule has 0 aromatic rings. The highest BCUT2D eigenvalue weighted by molar-refractivity contribution is 5.80. The SMILES string of the molecule is CC1C(C(=N)N)C[C@H]1C. The van der Waals surface area contributed by atoms with Gasteiger partial charge in [0.05, 0.1) is 5.84 Å². The molecule has 0 aliphatic heterocycles. The average Bonchev–Trinajstić information content (AvgIpc) is 1.81. The fourth-order valence-electron chi connectivity index (χ4n) is 1.44. The molecule has 1 aliphatic rings. The Balaban J connectivity index is 2.42. The number of hydrogen-bond donors (Lipinski definition) is 2. The van der Waals surface area contributed by atoms with Crippen molar-refractivity contribution in [3.8, 4) is 0 Å². The normalized spacial score (nSPS) is 41.8. The molecule has 0 heterocycles. The molecule has 52 valence electrons. The van der Waals surface area contributed by atoms with E-state index in [1.807, 2.05) is 0 Å². The van der Waals surface area contributed by atoms with E-state index in [1.165, 1.54) is 0 Å². The molecule has 0 saturated heterocycles. The van der Waals surface area contributed by atoms with Crippen molar-refractivity contribution in [3.05, 3.63) is 0 Å². The van der Waals surface area contributed by atoms with Crippen molar-refractivity contribution >= 4 is 5.84 Å². The molecule has 0 radical (unpaired) electrons. The van der Waals surface area contributed by atoms with Crippen LogP contribution in [0.25, 0.3) is 0 Å². The Bertz CT molecular complexity index is 131. The zero-order valence-electron chi connectivity index (χ0n) is 6.02. The third-order valence-corrected chi connectivity index (χ3v) is 2.56. The summed E-state index contributed by atoms with van der Waals surface area (Å²) < 4.78 is 0. The van der Waals surface area contributed by atoms with Crippen molar-refractivity contribution in [2.24, 2.45) is 23.5 Å². The molecule has 1 aliphatic carbocycles. The first-order valence-electron chi connectivity index (χ1n) is 3.47. The zero-order chi connectivity index (χ0) is 7.02. The smallest absolute Gasteiger partial charge is 0.0939 e. The van der Waals surface area contributed by atoms with Crippen LogP contribution in [-0.4, -0.2) is 5.84 Å². The Labute approximate surface area is 55.9 Å². The minimum Gasteiger partial charge on any atom is -0.387 e. The minimum absolute atomic E-state index is 0.376. The van der Waals surface area contributed by atoms with Gasteiger partial charge in [-0.3, -0.25) is 5.41 Å². The Morgan fingerprint density at radius 1 is 1.56 bits per heavy atom. The van der Waals surface area contributed by atoms with Crippen LogP contribution >= 0.6 is 0 Å². The monoisotopic (exact) mass is 126 g/mol. The van der Waals surface area contributed by atoms with E-state index in [1.54, 1.807) is 0 Å². The maximum absolute atomic E-state index is 7.15. The summed E-state index contributed by atoms with van der Waals surface area (Å²) in [5, 5.41) is 7.15. The summed E-state index contributed by atoms with van der Waals surface area (Å²) in [5.41, 5.74) is 5.33. The topological polar surface area (TPSA) is 49.9 Å². The van der Waals surface area contributed by atoms with E-state index >= 15 is 0 Å². The largest absolute Gasteiger partial charge is 0.387 e. The van der Waals surface area contributed by atoms with Crippen molar-refractivity contribution in [3.63, 3.8) is 0 Å². The van der Waals surface area contributed by atoms with Gasteiger partial charge in [-0.2, -0.15) is 0 Å². The van der Waals surface area contributed by atoms with Crippen LogP contribution in [-0.2, 0) is 0 Å². The number of amidine groups is 1. The number of hydrogen-bond acceptors (Lipinski definition) is 1. The minimum atomic E-state index is 0.376. The Hall–Kier alpha value is -0.530. The molecule has 1 rings (SSSR count). The van der Waals surface area contributed by atoms with E-state index in [-0.39, 0.29) is 0 Å². The van der Waals surface area contributed by atoms with Crippen molar-refractivity contribution in [1.82, 2.24) is 0 Å². The zero-order valence-corrected chi connectivity index (χ0v) is 6.02. The second-order valence-corrected chi connectivity index (χ2v) is 3.13. The number of nitrogens with one attached hydrogen (secondary N) is 1. The molecule has 0 spiro atoms. The molecule has 1 fully saturated rings. The van der Waals surface area contributed by atoms with Gasteiger partial charge in [-0.1, -0.05) is 13.8 Å². The van der Waals surface area contributed by atoms with Gasteiger partial charge in [0.2, 0.25) is 0 Å². The van der Waals surface area contributed by atoms with Crippen LogP contribution in [0.3, 0.4) is 0 Å². The third kappa shape index (κ3) is 0.934. The van der Waals surface area contributed by atoms with Gasteiger partial charge in [0.1, 0.15) is 0 Å². The number of nitrogens with two attached hydrogens (primary N) is 1. The molecule has 2 nitrogen and oxygen atoms in total. The van der Waals surface area contributed by atoms with Crippen molar-refractivity contribution < 1.29 is 0 Å². The highest BCUT2D eigenvalue weighted by Gasteiger charge is 2.35. The lowest BCUT2D eigenvalue weighted by atomic mass is 9.66. The molecule has 1 saturated carbocycles. The molecule has 2 heteroatoms. The van der Waals surface area contributed by atoms with Crippen LogP contribution in [0.5, 0.6) is 0 Å². The maximum atomic E-state index is 7.15. The second-order valence-electron chi connectivity index (χ2n) is 3.13. The summed E-state index contributed by atoms with van der Waals surface area (Å²) in [6.45, 7) is 4.38. The van der Waals surface area contributed by atoms with Crippen LogP contribution in [0, 0.1) is 23.2 Å². The van der Waals surface area contributed by atoms with E-state index in [2.05, 4.69) is 13.8 Å². The molecule has 9 heavy (non-hydrogen) atoms. The maximum Gasteiger partial charge on any atom is 0.0939 e. The van der Waals surface area contributed by atoms with Crippen molar-refractivity contribution in [1.29, 1.82) is 5.41 Å². The van der Waals surface area contributed by atoms with Gasteiger partial charge < -0.3 is 5.73 Å². The van der Waals surface area contributed by atoms with Crippen molar-refractivity contribution in [2.45, 2.75) is 20.3 Å². The lowest BCUT2D eigenvalue weighted by Gasteiger charge is -2.39. The third-order valence-electron chi connectivity index (χ3n) is 2.56. The molecular formula is C7H14N2. The lowest BCUT2D eigenvalue weighted by Crippen LogP contribution is -2.41. The molecule has 0 aromatic carbocycles. The second kappa shape index (κ2) is 2.01. The summed E-state index contributed by atoms with van der Waals surface area (Å²) >= 11 is 0. The summed E-state index contributed by atoms with van der Waals surface area (Å²) in [4.78, 5) is 0. The Morgan fingerprint density at radius 3 is 2.22 bits per heavy atom. The summed E-state index contributed by atoms with van der Waals surface area (Å²) in [6, 6.07) is 0. The number of rotatable bonds is 1. The highest BCUT2D eigenvalue weighted by atomic mass is 14.7. The summed E-state index contributed by atoms with van der Waals surface area (Å²) in [7, 11) is 0. The predicted octanol–water partition coefficient (Wildman–Crippen LogP) is 1.21. The first kappa shape index (κ1) is 6.59. The van der Waals surface area contributed by atoms with E-state index in [9.17, 15) is 0 Å². The first-order valence-corrected chi connectivity index (χ1v) is 3.47. The van der Waals surface area contributed by atoms with E-state index in [4.69, 9.17) is 11.1 Å². The van der Waals surface area contributed by atoms with Crippen molar-refractivity contribution in [2.75, 3.05) is 0 Å². The van der Waals surface area contributed by atoms with Crippen LogP contribution < -0.4 is 5.73 Å². The fourth-order valence-corrected chi connectivity index (χ4v) is 1.44. The van der Waals surface area contributed by atoms with E-state index in [0.717, 1.165) is 12.3 Å². The molecule has 0 bridgehead atoms. The summed E-state index contributed by atoms with van der Waals surface area (Å²) in [6.07, 6.45) is 1.12. The van der Waals surface area contributed by atoms with Crippen LogP contribution in [0.1, 0.15) is 20.3 Å². The first-order chi connectivity index (χ1) is 4.13. The van der Waals surface area contributed by atoms with Gasteiger partial charge in [0.15, 0.2) is 0 Å². The molecular weight excluding hydrogens is 112 g/mol. The molecule has 3 N–H and O–H groups in total. The van der Waals surface area contributed by atoms with Gasteiger partial charge in [0.25, 0.3) is 0 Å². The van der Waals surface area contributed by atoms with Crippen LogP contribution in [0.15, 0.2) is 0 Å². The summed E-state index contributed by atoms with van der Waals surface area (Å²) in [5.74, 6) is 2.18. The van der Waals surface area contributed by atoms with E-state index in [0.29, 0.717) is 17.7 Å². The van der Waals surface area contributed by atoms with Gasteiger partial charge in [-0.05, 0) is 18.3 Å². The van der Waals surface area contributed by atoms with E-state index < -0.39 is 0 Å². The average molecular weight is 126 g/mol. The standard InChI is InChI=1S/C7H14N2/c1-4-3-6(5(4)2)7(8)9/h4-6H,3H2,1-2H3,(H3,8,9)/t4-,5?,6?/m1/s1. The van der Waals surface area contributed by atoms with Crippen LogP contribution in [0.2, 0.25) is 0 Å². The Morgan fingerprint density at radius 2 is 2.11 bits per heavy atom. The molecule has 3 atom stereocenters. The molecule has 0 amide bonds.